The molecule has 0 spiro atoms. The summed E-state index contributed by atoms with van der Waals surface area (Å²) in [5, 5.41) is 8.85. The maximum Gasteiger partial charge on any atom is 0.225 e. The van der Waals surface area contributed by atoms with Crippen LogP contribution in [0.5, 0.6) is 0 Å². The molecule has 126 valence electrons. The first-order chi connectivity index (χ1) is 11.6. The Labute approximate surface area is 149 Å². The van der Waals surface area contributed by atoms with E-state index in [-0.39, 0.29) is 17.7 Å². The molecule has 1 amide bonds. The fourth-order valence-corrected chi connectivity index (χ4v) is 4.23. The zero-order chi connectivity index (χ0) is 17.1. The summed E-state index contributed by atoms with van der Waals surface area (Å²) >= 11 is 2.75. The average Bonchev–Trinajstić information content (AvgIpc) is 3.30. The van der Waals surface area contributed by atoms with E-state index in [4.69, 9.17) is 0 Å². The molecule has 0 unspecified atom stereocenters. The van der Waals surface area contributed by atoms with Crippen molar-refractivity contribution >= 4 is 39.9 Å². The molecule has 2 aromatic rings. The van der Waals surface area contributed by atoms with Gasteiger partial charge in [0.15, 0.2) is 10.1 Å². The maximum atomic E-state index is 12.3. The molecule has 1 aliphatic carbocycles. The third-order valence-electron chi connectivity index (χ3n) is 3.86. The van der Waals surface area contributed by atoms with Crippen molar-refractivity contribution in [2.45, 2.75) is 43.5 Å². The number of thioether (sulfide) groups is 1. The van der Waals surface area contributed by atoms with Crippen LogP contribution in [0.4, 0.5) is 5.13 Å². The Morgan fingerprint density at radius 3 is 2.54 bits per heavy atom. The summed E-state index contributed by atoms with van der Waals surface area (Å²) in [4.78, 5) is 25.7. The molecule has 7 heteroatoms. The van der Waals surface area contributed by atoms with E-state index in [1.165, 1.54) is 28.7 Å². The summed E-state index contributed by atoms with van der Waals surface area (Å²) in [7, 11) is 0. The average molecular weight is 361 g/mol. The summed E-state index contributed by atoms with van der Waals surface area (Å²) in [5.74, 6) is 0.395. The van der Waals surface area contributed by atoms with Crippen molar-refractivity contribution < 1.29 is 9.59 Å². The zero-order valence-electron chi connectivity index (χ0n) is 13.7. The van der Waals surface area contributed by atoms with Crippen LogP contribution in [0, 0.1) is 0 Å². The third kappa shape index (κ3) is 4.02. The lowest BCUT2D eigenvalue weighted by atomic mass is 10.1. The number of carbonyl (C=O) groups is 2. The van der Waals surface area contributed by atoms with Gasteiger partial charge < -0.3 is 0 Å². The summed E-state index contributed by atoms with van der Waals surface area (Å²) in [6.45, 7) is 3.64. The van der Waals surface area contributed by atoms with Gasteiger partial charge in [-0.3, -0.25) is 14.5 Å². The number of ketones is 1. The van der Waals surface area contributed by atoms with Crippen molar-refractivity contribution in [2.24, 2.45) is 0 Å². The number of carbonyl (C=O) groups excluding carboxylic acids is 2. The molecule has 1 aromatic heterocycles. The van der Waals surface area contributed by atoms with E-state index in [1.54, 1.807) is 11.8 Å². The Kier molecular flexibility index (Phi) is 5.30. The number of anilines is 1. The third-order valence-corrected chi connectivity index (χ3v) is 5.92. The Bertz CT molecular complexity index is 739. The van der Waals surface area contributed by atoms with Gasteiger partial charge in [-0.05, 0) is 24.8 Å². The molecule has 0 saturated heterocycles. The van der Waals surface area contributed by atoms with Gasteiger partial charge in [-0.2, -0.15) is 0 Å². The number of hydrogen-bond donors (Lipinski definition) is 0. The highest BCUT2D eigenvalue weighted by molar-refractivity contribution is 8.01. The van der Waals surface area contributed by atoms with Crippen LogP contribution < -0.4 is 4.90 Å². The van der Waals surface area contributed by atoms with Gasteiger partial charge in [-0.25, -0.2) is 0 Å². The van der Waals surface area contributed by atoms with Crippen molar-refractivity contribution in [3.05, 3.63) is 35.4 Å². The molecule has 0 aliphatic heterocycles. The highest BCUT2D eigenvalue weighted by Gasteiger charge is 2.34. The lowest BCUT2D eigenvalue weighted by molar-refractivity contribution is -0.116. The van der Waals surface area contributed by atoms with E-state index < -0.39 is 0 Å². The van der Waals surface area contributed by atoms with Gasteiger partial charge in [-0.15, -0.1) is 10.2 Å². The molecular weight excluding hydrogens is 342 g/mol. The Hall–Kier alpha value is -1.73. The molecule has 0 atom stereocenters. The van der Waals surface area contributed by atoms with E-state index in [0.29, 0.717) is 16.4 Å². The number of Topliss-reactive ketones (excluding diaryl/α,β-unsaturated/α-hetero) is 1. The lowest BCUT2D eigenvalue weighted by Gasteiger charge is -2.15. The normalized spacial score (nSPS) is 13.8. The molecule has 0 radical (unpaired) electrons. The molecule has 1 heterocycles. The van der Waals surface area contributed by atoms with Gasteiger partial charge >= 0.3 is 0 Å². The predicted octanol–water partition coefficient (Wildman–Crippen LogP) is 3.59. The molecule has 1 aromatic carbocycles. The number of nitrogens with zero attached hydrogens (tertiary/aromatic N) is 3. The summed E-state index contributed by atoms with van der Waals surface area (Å²) in [6.07, 6.45) is 3.01. The standard InChI is InChI=1S/C17H19N3O2S2/c1-3-12-4-6-13(7-5-12)15(22)10-23-17-19-18-16(24-17)20(11(2)21)14-8-9-14/h4-7,14H,3,8-10H2,1-2H3. The van der Waals surface area contributed by atoms with Crippen LogP contribution in [-0.2, 0) is 11.2 Å². The van der Waals surface area contributed by atoms with Crippen molar-refractivity contribution in [1.82, 2.24) is 10.2 Å². The highest BCUT2D eigenvalue weighted by atomic mass is 32.2. The molecule has 24 heavy (non-hydrogen) atoms. The number of hydrogen-bond acceptors (Lipinski definition) is 6. The van der Waals surface area contributed by atoms with Gasteiger partial charge in [0.1, 0.15) is 0 Å². The molecular formula is C17H19N3O2S2. The highest BCUT2D eigenvalue weighted by Crippen LogP contribution is 2.35. The largest absolute Gasteiger partial charge is 0.293 e. The Balaban J connectivity index is 1.60. The summed E-state index contributed by atoms with van der Waals surface area (Å²) < 4.78 is 0.718. The number of rotatable bonds is 7. The lowest BCUT2D eigenvalue weighted by Crippen LogP contribution is -2.30. The van der Waals surface area contributed by atoms with Crippen LogP contribution in [0.15, 0.2) is 28.6 Å². The van der Waals surface area contributed by atoms with Gasteiger partial charge in [0.05, 0.1) is 5.75 Å². The first kappa shape index (κ1) is 17.1. The minimum atomic E-state index is -0.00251. The van der Waals surface area contributed by atoms with E-state index in [0.717, 1.165) is 23.6 Å². The SMILES string of the molecule is CCc1ccc(C(=O)CSc2nnc(N(C(C)=O)C3CC3)s2)cc1. The second-order valence-corrected chi connectivity index (χ2v) is 7.91. The van der Waals surface area contributed by atoms with Crippen LogP contribution >= 0.6 is 23.1 Å². The van der Waals surface area contributed by atoms with Crippen molar-refractivity contribution in [3.8, 4) is 0 Å². The van der Waals surface area contributed by atoms with Gasteiger partial charge in [0, 0.05) is 18.5 Å². The number of benzene rings is 1. The van der Waals surface area contributed by atoms with Crippen LogP contribution in [0.3, 0.4) is 0 Å². The fraction of sp³-hybridized carbons (Fsp3) is 0.412. The maximum absolute atomic E-state index is 12.3. The molecule has 3 rings (SSSR count). The van der Waals surface area contributed by atoms with Crippen LogP contribution in [0.1, 0.15) is 42.6 Å². The van der Waals surface area contributed by atoms with Gasteiger partial charge in [0.25, 0.3) is 0 Å². The van der Waals surface area contributed by atoms with Gasteiger partial charge in [-0.1, -0.05) is 54.3 Å². The van der Waals surface area contributed by atoms with E-state index in [2.05, 4.69) is 17.1 Å². The minimum absolute atomic E-state index is 0.00251. The summed E-state index contributed by atoms with van der Waals surface area (Å²) in [6, 6.07) is 7.99. The van der Waals surface area contributed by atoms with Crippen molar-refractivity contribution in [1.29, 1.82) is 0 Å². The van der Waals surface area contributed by atoms with E-state index in [9.17, 15) is 9.59 Å². The van der Waals surface area contributed by atoms with Crippen LogP contribution in [0.2, 0.25) is 0 Å². The van der Waals surface area contributed by atoms with Crippen molar-refractivity contribution in [2.75, 3.05) is 10.7 Å². The Morgan fingerprint density at radius 2 is 1.96 bits per heavy atom. The quantitative estimate of drug-likeness (QED) is 0.428. The number of aryl methyl sites for hydroxylation is 1. The number of aromatic nitrogens is 2. The molecule has 0 bridgehead atoms. The topological polar surface area (TPSA) is 63.2 Å². The minimum Gasteiger partial charge on any atom is -0.293 e. The molecule has 0 N–H and O–H groups in total. The second kappa shape index (κ2) is 7.44. The first-order valence-electron chi connectivity index (χ1n) is 7.96. The molecule has 1 fully saturated rings. The fourth-order valence-electron chi connectivity index (χ4n) is 2.38. The van der Waals surface area contributed by atoms with E-state index >= 15 is 0 Å². The molecule has 1 aliphatic rings. The van der Waals surface area contributed by atoms with Crippen LogP contribution in [-0.4, -0.2) is 33.7 Å². The second-order valence-electron chi connectivity index (χ2n) is 5.73. The Morgan fingerprint density at radius 1 is 1.25 bits per heavy atom. The summed E-state index contributed by atoms with van der Waals surface area (Å²) in [5.41, 5.74) is 1.94. The first-order valence-corrected chi connectivity index (χ1v) is 9.77. The van der Waals surface area contributed by atoms with E-state index in [1.807, 2.05) is 24.3 Å². The predicted molar refractivity (Wildman–Crippen MR) is 97.0 cm³/mol. The smallest absolute Gasteiger partial charge is 0.225 e. The van der Waals surface area contributed by atoms with Gasteiger partial charge in [0.2, 0.25) is 11.0 Å². The number of amides is 1. The molecule has 5 nitrogen and oxygen atoms in total. The van der Waals surface area contributed by atoms with Crippen LogP contribution in [0.25, 0.3) is 0 Å². The van der Waals surface area contributed by atoms with Crippen molar-refractivity contribution in [3.63, 3.8) is 0 Å². The monoisotopic (exact) mass is 361 g/mol. The molecule has 1 saturated carbocycles. The zero-order valence-corrected chi connectivity index (χ0v) is 15.3.